The summed E-state index contributed by atoms with van der Waals surface area (Å²) in [7, 11) is 0. The van der Waals surface area contributed by atoms with E-state index >= 15 is 0 Å². The van der Waals surface area contributed by atoms with Crippen molar-refractivity contribution in [3.05, 3.63) is 65.7 Å². The lowest BCUT2D eigenvalue weighted by Gasteiger charge is -2.05. The van der Waals surface area contributed by atoms with Crippen molar-refractivity contribution in [2.75, 3.05) is 6.61 Å². The Morgan fingerprint density at radius 2 is 1.65 bits per heavy atom. The summed E-state index contributed by atoms with van der Waals surface area (Å²) in [6.07, 6.45) is 2.10. The standard InChI is InChI=1S/C17H18O2S/c18-17(13-15-8-10-16(20)11-9-15)19-12-4-7-14-5-2-1-3-6-14/h1-3,5-6,8-11,20H,4,7,12-13H2. The topological polar surface area (TPSA) is 26.3 Å². The molecule has 2 aromatic rings. The highest BCUT2D eigenvalue weighted by Crippen LogP contribution is 2.09. The lowest BCUT2D eigenvalue weighted by Crippen LogP contribution is -2.09. The molecule has 2 aromatic carbocycles. The number of carbonyl (C=O) groups excluding carboxylic acids is 1. The number of benzene rings is 2. The van der Waals surface area contributed by atoms with Crippen LogP contribution in [0, 0.1) is 0 Å². The molecule has 2 nitrogen and oxygen atoms in total. The zero-order chi connectivity index (χ0) is 14.2. The molecule has 0 aliphatic heterocycles. The van der Waals surface area contributed by atoms with Gasteiger partial charge in [-0.25, -0.2) is 0 Å². The first kappa shape index (κ1) is 14.7. The molecule has 2 rings (SSSR count). The van der Waals surface area contributed by atoms with Gasteiger partial charge in [-0.15, -0.1) is 12.6 Å². The molecular weight excluding hydrogens is 268 g/mol. The number of rotatable bonds is 6. The van der Waals surface area contributed by atoms with Crippen molar-refractivity contribution in [3.8, 4) is 0 Å². The smallest absolute Gasteiger partial charge is 0.310 e. The lowest BCUT2D eigenvalue weighted by atomic mass is 10.1. The highest BCUT2D eigenvalue weighted by Gasteiger charge is 2.04. The molecule has 104 valence electrons. The zero-order valence-electron chi connectivity index (χ0n) is 11.3. The summed E-state index contributed by atoms with van der Waals surface area (Å²) in [5, 5.41) is 0. The van der Waals surface area contributed by atoms with E-state index in [9.17, 15) is 4.79 Å². The van der Waals surface area contributed by atoms with E-state index < -0.39 is 0 Å². The van der Waals surface area contributed by atoms with Crippen LogP contribution in [0.5, 0.6) is 0 Å². The maximum atomic E-state index is 11.7. The number of carbonyl (C=O) groups is 1. The van der Waals surface area contributed by atoms with E-state index in [0.29, 0.717) is 13.0 Å². The van der Waals surface area contributed by atoms with E-state index in [1.54, 1.807) is 0 Å². The summed E-state index contributed by atoms with van der Waals surface area (Å²) in [5.41, 5.74) is 2.23. The minimum Gasteiger partial charge on any atom is -0.465 e. The van der Waals surface area contributed by atoms with Crippen molar-refractivity contribution in [1.29, 1.82) is 0 Å². The lowest BCUT2D eigenvalue weighted by molar-refractivity contribution is -0.142. The van der Waals surface area contributed by atoms with Gasteiger partial charge in [0, 0.05) is 4.90 Å². The number of thiol groups is 1. The van der Waals surface area contributed by atoms with Gasteiger partial charge in [0.2, 0.25) is 0 Å². The Hall–Kier alpha value is -1.74. The SMILES string of the molecule is O=C(Cc1ccc(S)cc1)OCCCc1ccccc1. The molecular formula is C17H18O2S. The van der Waals surface area contributed by atoms with Crippen molar-refractivity contribution >= 4 is 18.6 Å². The number of aryl methyl sites for hydroxylation is 1. The first-order chi connectivity index (χ1) is 9.74. The predicted octanol–water partition coefficient (Wildman–Crippen LogP) is 3.69. The average Bonchev–Trinajstić information content (AvgIpc) is 2.47. The van der Waals surface area contributed by atoms with Crippen LogP contribution >= 0.6 is 12.6 Å². The Kier molecular flexibility index (Phi) is 5.69. The van der Waals surface area contributed by atoms with Crippen molar-refractivity contribution in [1.82, 2.24) is 0 Å². The molecule has 0 amide bonds. The molecule has 0 radical (unpaired) electrons. The number of ether oxygens (including phenoxy) is 1. The largest absolute Gasteiger partial charge is 0.465 e. The summed E-state index contributed by atoms with van der Waals surface area (Å²) < 4.78 is 5.24. The van der Waals surface area contributed by atoms with Crippen LogP contribution in [0.1, 0.15) is 17.5 Å². The fraction of sp³-hybridized carbons (Fsp3) is 0.235. The van der Waals surface area contributed by atoms with Gasteiger partial charge in [0.05, 0.1) is 13.0 Å². The second kappa shape index (κ2) is 7.75. The number of hydrogen-bond acceptors (Lipinski definition) is 3. The Bertz CT molecular complexity index is 535. The molecule has 0 bridgehead atoms. The molecule has 0 saturated heterocycles. The van der Waals surface area contributed by atoms with Crippen LogP contribution in [-0.2, 0) is 22.4 Å². The van der Waals surface area contributed by atoms with Crippen molar-refractivity contribution in [3.63, 3.8) is 0 Å². The first-order valence-electron chi connectivity index (χ1n) is 6.71. The number of hydrogen-bond donors (Lipinski definition) is 1. The van der Waals surface area contributed by atoms with Crippen LogP contribution in [0.4, 0.5) is 0 Å². The monoisotopic (exact) mass is 286 g/mol. The normalized spacial score (nSPS) is 10.2. The Morgan fingerprint density at radius 1 is 0.950 bits per heavy atom. The summed E-state index contributed by atoms with van der Waals surface area (Å²) in [5.74, 6) is -0.176. The van der Waals surface area contributed by atoms with E-state index in [1.165, 1.54) is 5.56 Å². The summed E-state index contributed by atoms with van der Waals surface area (Å²) >= 11 is 4.21. The molecule has 20 heavy (non-hydrogen) atoms. The van der Waals surface area contributed by atoms with Gasteiger partial charge >= 0.3 is 5.97 Å². The molecule has 3 heteroatoms. The van der Waals surface area contributed by atoms with Crippen LogP contribution < -0.4 is 0 Å². The van der Waals surface area contributed by atoms with E-state index in [2.05, 4.69) is 24.8 Å². The number of esters is 1. The van der Waals surface area contributed by atoms with Crippen LogP contribution in [0.25, 0.3) is 0 Å². The fourth-order valence-electron chi connectivity index (χ4n) is 1.94. The molecule has 0 spiro atoms. The van der Waals surface area contributed by atoms with Gasteiger partial charge in [-0.2, -0.15) is 0 Å². The molecule has 0 N–H and O–H groups in total. The van der Waals surface area contributed by atoms with Crippen LogP contribution in [0.15, 0.2) is 59.5 Å². The maximum absolute atomic E-state index is 11.7. The molecule has 0 heterocycles. The minimum atomic E-state index is -0.176. The van der Waals surface area contributed by atoms with Crippen molar-refractivity contribution < 1.29 is 9.53 Å². The van der Waals surface area contributed by atoms with E-state index in [0.717, 1.165) is 23.3 Å². The van der Waals surface area contributed by atoms with Gasteiger partial charge in [0.15, 0.2) is 0 Å². The minimum absolute atomic E-state index is 0.176. The Labute approximate surface area is 125 Å². The third-order valence-corrected chi connectivity index (χ3v) is 3.30. The Morgan fingerprint density at radius 3 is 2.35 bits per heavy atom. The molecule has 0 aliphatic carbocycles. The highest BCUT2D eigenvalue weighted by atomic mass is 32.1. The van der Waals surface area contributed by atoms with Crippen LogP contribution in [0.2, 0.25) is 0 Å². The second-order valence-electron chi connectivity index (χ2n) is 4.65. The van der Waals surface area contributed by atoms with Gasteiger partial charge in [-0.05, 0) is 36.1 Å². The van der Waals surface area contributed by atoms with E-state index in [1.807, 2.05) is 42.5 Å². The van der Waals surface area contributed by atoms with Gasteiger partial charge < -0.3 is 4.74 Å². The van der Waals surface area contributed by atoms with Gasteiger partial charge in [0.25, 0.3) is 0 Å². The summed E-state index contributed by atoms with van der Waals surface area (Å²) in [6, 6.07) is 17.8. The van der Waals surface area contributed by atoms with Crippen molar-refractivity contribution in [2.24, 2.45) is 0 Å². The van der Waals surface area contributed by atoms with Gasteiger partial charge in [0.1, 0.15) is 0 Å². The summed E-state index contributed by atoms with van der Waals surface area (Å²) in [4.78, 5) is 12.6. The van der Waals surface area contributed by atoms with E-state index in [-0.39, 0.29) is 5.97 Å². The molecule has 0 atom stereocenters. The molecule has 0 aromatic heterocycles. The maximum Gasteiger partial charge on any atom is 0.310 e. The van der Waals surface area contributed by atoms with E-state index in [4.69, 9.17) is 4.74 Å². The van der Waals surface area contributed by atoms with Crippen LogP contribution in [-0.4, -0.2) is 12.6 Å². The Balaban J connectivity index is 1.66. The predicted molar refractivity (Wildman–Crippen MR) is 83.1 cm³/mol. The van der Waals surface area contributed by atoms with Crippen LogP contribution in [0.3, 0.4) is 0 Å². The molecule has 0 unspecified atom stereocenters. The zero-order valence-corrected chi connectivity index (χ0v) is 12.2. The molecule has 0 saturated carbocycles. The van der Waals surface area contributed by atoms with Gasteiger partial charge in [-0.3, -0.25) is 4.79 Å². The summed E-state index contributed by atoms with van der Waals surface area (Å²) in [6.45, 7) is 0.471. The third kappa shape index (κ3) is 5.10. The molecule has 0 aliphatic rings. The van der Waals surface area contributed by atoms with Crippen molar-refractivity contribution in [2.45, 2.75) is 24.2 Å². The fourth-order valence-corrected chi connectivity index (χ4v) is 2.09. The molecule has 0 fully saturated rings. The second-order valence-corrected chi connectivity index (χ2v) is 5.17. The average molecular weight is 286 g/mol. The highest BCUT2D eigenvalue weighted by molar-refractivity contribution is 7.80. The first-order valence-corrected chi connectivity index (χ1v) is 7.16. The quantitative estimate of drug-likeness (QED) is 0.498. The van der Waals surface area contributed by atoms with Gasteiger partial charge in [-0.1, -0.05) is 42.5 Å². The third-order valence-electron chi connectivity index (χ3n) is 3.00.